The minimum Gasteiger partial charge on any atom is -0.292 e. The number of imide groups is 1. The predicted molar refractivity (Wildman–Crippen MR) is 98.9 cm³/mol. The van der Waals surface area contributed by atoms with Crippen molar-refractivity contribution in [1.29, 1.82) is 0 Å². The van der Waals surface area contributed by atoms with Crippen molar-refractivity contribution < 1.29 is 14.4 Å². The first kappa shape index (κ1) is 18.0. The quantitative estimate of drug-likeness (QED) is 0.665. The summed E-state index contributed by atoms with van der Waals surface area (Å²) in [6.07, 6.45) is 1.46. The Hall–Kier alpha value is -2.79. The van der Waals surface area contributed by atoms with E-state index in [4.69, 9.17) is 0 Å². The Morgan fingerprint density at radius 1 is 0.962 bits per heavy atom. The summed E-state index contributed by atoms with van der Waals surface area (Å²) in [7, 11) is 0. The first-order chi connectivity index (χ1) is 12.6. The monoisotopic (exact) mass is 350 g/mol. The van der Waals surface area contributed by atoms with Crippen molar-refractivity contribution in [2.75, 3.05) is 6.54 Å². The Morgan fingerprint density at radius 2 is 1.54 bits per heavy atom. The molecule has 2 atom stereocenters. The number of nitrogens with zero attached hydrogens (tertiary/aromatic N) is 1. The molecule has 1 fully saturated rings. The van der Waals surface area contributed by atoms with E-state index >= 15 is 0 Å². The van der Waals surface area contributed by atoms with Crippen LogP contribution < -0.4 is 5.32 Å². The Balaban J connectivity index is 1.68. The van der Waals surface area contributed by atoms with Crippen molar-refractivity contribution in [1.82, 2.24) is 10.2 Å². The van der Waals surface area contributed by atoms with Gasteiger partial charge in [0.1, 0.15) is 0 Å². The van der Waals surface area contributed by atoms with E-state index in [1.165, 1.54) is 0 Å². The largest absolute Gasteiger partial charge is 0.292 e. The van der Waals surface area contributed by atoms with Gasteiger partial charge in [0, 0.05) is 11.1 Å². The van der Waals surface area contributed by atoms with Gasteiger partial charge in [-0.3, -0.25) is 24.6 Å². The molecule has 0 radical (unpaired) electrons. The van der Waals surface area contributed by atoms with E-state index < -0.39 is 18.0 Å². The van der Waals surface area contributed by atoms with E-state index in [1.54, 1.807) is 36.4 Å². The third kappa shape index (κ3) is 3.89. The lowest BCUT2D eigenvalue weighted by Gasteiger charge is -2.28. The number of Topliss-reactive ketones (excluding diaryl/α,β-unsaturated/α-hetero) is 1. The number of carbonyl (C=O) groups excluding carboxylic acids is 3. The highest BCUT2D eigenvalue weighted by atomic mass is 16.2. The van der Waals surface area contributed by atoms with Crippen LogP contribution in [0.4, 0.5) is 0 Å². The molecule has 3 rings (SSSR count). The molecule has 1 aliphatic heterocycles. The standard InChI is InChI=1S/C21H22N2O3/c1-15(19(24)16-9-4-2-5-10-16)23-14-8-13-18(23)21(26)22-20(25)17-11-6-3-7-12-17/h2-7,9-12,15,18H,8,13-14H2,1H3,(H,22,25,26)/t15?,18-/m1/s1. The van der Waals surface area contributed by atoms with Gasteiger partial charge in [0.2, 0.25) is 5.91 Å². The van der Waals surface area contributed by atoms with Crippen LogP contribution in [0.5, 0.6) is 0 Å². The summed E-state index contributed by atoms with van der Waals surface area (Å²) >= 11 is 0. The molecule has 0 aromatic heterocycles. The second-order valence-corrected chi connectivity index (χ2v) is 6.49. The molecule has 1 N–H and O–H groups in total. The normalized spacial score (nSPS) is 18.3. The van der Waals surface area contributed by atoms with Crippen LogP contribution in [0.1, 0.15) is 40.5 Å². The summed E-state index contributed by atoms with van der Waals surface area (Å²) in [5.74, 6) is -0.770. The third-order valence-electron chi connectivity index (χ3n) is 4.80. The summed E-state index contributed by atoms with van der Waals surface area (Å²) in [5, 5.41) is 2.47. The maximum Gasteiger partial charge on any atom is 0.257 e. The second kappa shape index (κ2) is 8.06. The Kier molecular flexibility index (Phi) is 5.58. The van der Waals surface area contributed by atoms with Crippen molar-refractivity contribution in [2.24, 2.45) is 0 Å². The minimum absolute atomic E-state index is 0.0142. The molecule has 1 saturated heterocycles. The van der Waals surface area contributed by atoms with Gasteiger partial charge in [0.15, 0.2) is 5.78 Å². The molecule has 1 aliphatic rings. The SMILES string of the molecule is CC(C(=O)c1ccccc1)N1CCC[C@@H]1C(=O)NC(=O)c1ccccc1. The van der Waals surface area contributed by atoms with E-state index in [-0.39, 0.29) is 11.7 Å². The molecule has 0 bridgehead atoms. The van der Waals surface area contributed by atoms with Crippen LogP contribution in [0.3, 0.4) is 0 Å². The van der Waals surface area contributed by atoms with Crippen LogP contribution in [0, 0.1) is 0 Å². The van der Waals surface area contributed by atoms with Crippen LogP contribution in [-0.2, 0) is 4.79 Å². The van der Waals surface area contributed by atoms with Gasteiger partial charge in [-0.1, -0.05) is 48.5 Å². The van der Waals surface area contributed by atoms with Crippen LogP contribution in [0.15, 0.2) is 60.7 Å². The molecular weight excluding hydrogens is 328 g/mol. The highest BCUT2D eigenvalue weighted by Crippen LogP contribution is 2.22. The summed E-state index contributed by atoms with van der Waals surface area (Å²) in [6.45, 7) is 2.48. The molecule has 0 saturated carbocycles. The topological polar surface area (TPSA) is 66.5 Å². The molecule has 5 nitrogen and oxygen atoms in total. The first-order valence-corrected chi connectivity index (χ1v) is 8.83. The molecule has 2 amide bonds. The number of amides is 2. The van der Waals surface area contributed by atoms with Gasteiger partial charge in [-0.05, 0) is 38.4 Å². The first-order valence-electron chi connectivity index (χ1n) is 8.83. The van der Waals surface area contributed by atoms with Crippen LogP contribution >= 0.6 is 0 Å². The fourth-order valence-electron chi connectivity index (χ4n) is 3.39. The number of hydrogen-bond acceptors (Lipinski definition) is 4. The molecule has 5 heteroatoms. The lowest BCUT2D eigenvalue weighted by Crippen LogP contribution is -2.50. The highest BCUT2D eigenvalue weighted by molar-refractivity contribution is 6.06. The van der Waals surface area contributed by atoms with Gasteiger partial charge >= 0.3 is 0 Å². The Labute approximate surface area is 153 Å². The Bertz CT molecular complexity index is 789. The number of rotatable bonds is 5. The van der Waals surface area contributed by atoms with Crippen molar-refractivity contribution in [3.8, 4) is 0 Å². The van der Waals surface area contributed by atoms with Gasteiger partial charge in [-0.15, -0.1) is 0 Å². The van der Waals surface area contributed by atoms with E-state index in [9.17, 15) is 14.4 Å². The van der Waals surface area contributed by atoms with Gasteiger partial charge < -0.3 is 0 Å². The zero-order valence-electron chi connectivity index (χ0n) is 14.7. The predicted octanol–water partition coefficient (Wildman–Crippen LogP) is 2.68. The summed E-state index contributed by atoms with van der Waals surface area (Å²) in [6, 6.07) is 16.8. The van der Waals surface area contributed by atoms with Gasteiger partial charge in [0.25, 0.3) is 5.91 Å². The zero-order valence-corrected chi connectivity index (χ0v) is 14.7. The van der Waals surface area contributed by atoms with E-state index in [0.29, 0.717) is 24.1 Å². The average Bonchev–Trinajstić information content (AvgIpc) is 3.18. The van der Waals surface area contributed by atoms with Crippen LogP contribution in [0.2, 0.25) is 0 Å². The van der Waals surface area contributed by atoms with Gasteiger partial charge in [-0.2, -0.15) is 0 Å². The Morgan fingerprint density at radius 3 is 2.15 bits per heavy atom. The van der Waals surface area contributed by atoms with Crippen molar-refractivity contribution in [3.05, 3.63) is 71.8 Å². The lowest BCUT2D eigenvalue weighted by atomic mass is 10.0. The lowest BCUT2D eigenvalue weighted by molar-refractivity contribution is -0.124. The minimum atomic E-state index is -0.467. The number of nitrogens with one attached hydrogen (secondary N) is 1. The molecule has 2 aromatic rings. The number of hydrogen-bond donors (Lipinski definition) is 1. The molecule has 0 aliphatic carbocycles. The number of benzene rings is 2. The molecule has 1 unspecified atom stereocenters. The molecule has 134 valence electrons. The van der Waals surface area contributed by atoms with Crippen molar-refractivity contribution >= 4 is 17.6 Å². The maximum absolute atomic E-state index is 12.7. The van der Waals surface area contributed by atoms with E-state index in [2.05, 4.69) is 5.32 Å². The van der Waals surface area contributed by atoms with Gasteiger partial charge in [-0.25, -0.2) is 0 Å². The fourth-order valence-corrected chi connectivity index (χ4v) is 3.39. The van der Waals surface area contributed by atoms with E-state index in [1.807, 2.05) is 36.1 Å². The number of carbonyl (C=O) groups is 3. The summed E-state index contributed by atoms with van der Waals surface area (Å²) in [5.41, 5.74) is 1.07. The molecule has 2 aromatic carbocycles. The molecular formula is C21H22N2O3. The third-order valence-corrected chi connectivity index (χ3v) is 4.80. The molecule has 0 spiro atoms. The second-order valence-electron chi connectivity index (χ2n) is 6.49. The molecule has 26 heavy (non-hydrogen) atoms. The average molecular weight is 350 g/mol. The van der Waals surface area contributed by atoms with Crippen LogP contribution in [-0.4, -0.2) is 41.1 Å². The van der Waals surface area contributed by atoms with Crippen LogP contribution in [0.25, 0.3) is 0 Å². The highest BCUT2D eigenvalue weighted by Gasteiger charge is 2.37. The van der Waals surface area contributed by atoms with Crippen molar-refractivity contribution in [3.63, 3.8) is 0 Å². The zero-order chi connectivity index (χ0) is 18.5. The molecule has 1 heterocycles. The van der Waals surface area contributed by atoms with Crippen molar-refractivity contribution in [2.45, 2.75) is 31.8 Å². The maximum atomic E-state index is 12.7. The smallest absolute Gasteiger partial charge is 0.257 e. The van der Waals surface area contributed by atoms with E-state index in [0.717, 1.165) is 6.42 Å². The summed E-state index contributed by atoms with van der Waals surface area (Å²) in [4.78, 5) is 39.4. The summed E-state index contributed by atoms with van der Waals surface area (Å²) < 4.78 is 0. The number of ketones is 1. The number of likely N-dealkylation sites (tertiary alicyclic amines) is 1. The van der Waals surface area contributed by atoms with Gasteiger partial charge in [0.05, 0.1) is 12.1 Å². The fraction of sp³-hybridized carbons (Fsp3) is 0.286.